The first-order valence-electron chi connectivity index (χ1n) is 6.14. The van der Waals surface area contributed by atoms with E-state index in [2.05, 4.69) is 4.72 Å². The molecule has 0 aliphatic carbocycles. The Labute approximate surface area is 124 Å². The van der Waals surface area contributed by atoms with E-state index in [1.807, 2.05) is 13.8 Å². The molecule has 1 aromatic rings. The van der Waals surface area contributed by atoms with Gasteiger partial charge in [-0.1, -0.05) is 31.5 Å². The Morgan fingerprint density at radius 2 is 2.10 bits per heavy atom. The molecule has 0 radical (unpaired) electrons. The number of rotatable bonds is 6. The fourth-order valence-corrected chi connectivity index (χ4v) is 3.27. The van der Waals surface area contributed by atoms with Crippen LogP contribution in [-0.2, 0) is 10.0 Å². The van der Waals surface area contributed by atoms with Gasteiger partial charge in [0.05, 0.1) is 16.7 Å². The fourth-order valence-electron chi connectivity index (χ4n) is 1.75. The number of nitriles is 1. The van der Waals surface area contributed by atoms with Crippen molar-refractivity contribution in [3.8, 4) is 6.07 Å². The molecular formula is C13H17ClN2O3S. The first kappa shape index (κ1) is 16.9. The Bertz CT molecular complexity index is 609. The number of nitrogens with one attached hydrogen (secondary N) is 1. The van der Waals surface area contributed by atoms with Gasteiger partial charge in [0.15, 0.2) is 0 Å². The average Bonchev–Trinajstić information content (AvgIpc) is 2.35. The third-order valence-electron chi connectivity index (χ3n) is 2.63. The molecule has 7 heteroatoms. The van der Waals surface area contributed by atoms with Gasteiger partial charge in [-0.3, -0.25) is 0 Å². The second kappa shape index (κ2) is 7.04. The zero-order valence-corrected chi connectivity index (χ0v) is 12.9. The van der Waals surface area contributed by atoms with E-state index >= 15 is 0 Å². The van der Waals surface area contributed by atoms with Gasteiger partial charge in [0.25, 0.3) is 0 Å². The van der Waals surface area contributed by atoms with Gasteiger partial charge in [0, 0.05) is 6.54 Å². The second-order valence-corrected chi connectivity index (χ2v) is 7.00. The number of hydrogen-bond donors (Lipinski definition) is 2. The maximum Gasteiger partial charge on any atom is 0.242 e. The van der Waals surface area contributed by atoms with Gasteiger partial charge < -0.3 is 5.11 Å². The molecule has 1 unspecified atom stereocenters. The topological polar surface area (TPSA) is 90.2 Å². The molecule has 2 N–H and O–H groups in total. The monoisotopic (exact) mass is 316 g/mol. The van der Waals surface area contributed by atoms with Crippen LogP contribution in [0.15, 0.2) is 23.1 Å². The molecule has 1 aromatic carbocycles. The van der Waals surface area contributed by atoms with Crippen LogP contribution < -0.4 is 4.72 Å². The SMILES string of the molecule is CC(C)CC(O)CNS(=O)(=O)c1cccc(Cl)c1C#N. The zero-order chi connectivity index (χ0) is 15.3. The van der Waals surface area contributed by atoms with Crippen molar-refractivity contribution in [3.63, 3.8) is 0 Å². The van der Waals surface area contributed by atoms with Gasteiger partial charge in [-0.15, -0.1) is 0 Å². The summed E-state index contributed by atoms with van der Waals surface area (Å²) in [7, 11) is -3.87. The van der Waals surface area contributed by atoms with E-state index in [1.165, 1.54) is 18.2 Å². The van der Waals surface area contributed by atoms with Crippen LogP contribution in [0.3, 0.4) is 0 Å². The number of benzene rings is 1. The molecule has 0 aliphatic heterocycles. The standard InChI is InChI=1S/C13H17ClN2O3S/c1-9(2)6-10(17)8-16-20(18,19)13-5-3-4-12(14)11(13)7-15/h3-5,9-10,16-17H,6,8H2,1-2H3. The Morgan fingerprint density at radius 3 is 2.65 bits per heavy atom. The molecule has 1 rings (SSSR count). The highest BCUT2D eigenvalue weighted by Crippen LogP contribution is 2.22. The Balaban J connectivity index is 2.91. The summed E-state index contributed by atoms with van der Waals surface area (Å²) in [5.74, 6) is 0.260. The molecule has 110 valence electrons. The van der Waals surface area contributed by atoms with Gasteiger partial charge in [-0.05, 0) is 24.5 Å². The zero-order valence-electron chi connectivity index (χ0n) is 11.3. The van der Waals surface area contributed by atoms with Gasteiger partial charge in [-0.2, -0.15) is 5.26 Å². The number of aliphatic hydroxyl groups excluding tert-OH is 1. The van der Waals surface area contributed by atoms with Crippen LogP contribution in [0.2, 0.25) is 5.02 Å². The van der Waals surface area contributed by atoms with E-state index in [9.17, 15) is 13.5 Å². The lowest BCUT2D eigenvalue weighted by molar-refractivity contribution is 0.152. The maximum atomic E-state index is 12.1. The van der Waals surface area contributed by atoms with Crippen LogP contribution in [0, 0.1) is 17.2 Å². The smallest absolute Gasteiger partial charge is 0.242 e. The second-order valence-electron chi connectivity index (χ2n) is 4.86. The highest BCUT2D eigenvalue weighted by molar-refractivity contribution is 7.89. The lowest BCUT2D eigenvalue weighted by atomic mass is 10.1. The molecular weight excluding hydrogens is 300 g/mol. The van der Waals surface area contributed by atoms with E-state index in [4.69, 9.17) is 16.9 Å². The van der Waals surface area contributed by atoms with E-state index in [-0.39, 0.29) is 27.9 Å². The highest BCUT2D eigenvalue weighted by Gasteiger charge is 2.21. The minimum atomic E-state index is -3.87. The quantitative estimate of drug-likeness (QED) is 0.838. The van der Waals surface area contributed by atoms with E-state index in [1.54, 1.807) is 6.07 Å². The van der Waals surface area contributed by atoms with E-state index in [0.29, 0.717) is 6.42 Å². The summed E-state index contributed by atoms with van der Waals surface area (Å²) < 4.78 is 26.5. The van der Waals surface area contributed by atoms with Crippen LogP contribution >= 0.6 is 11.6 Å². The number of hydrogen-bond acceptors (Lipinski definition) is 4. The predicted octanol–water partition coefficient (Wildman–Crippen LogP) is 1.90. The Hall–Kier alpha value is -1.13. The van der Waals surface area contributed by atoms with Crippen molar-refractivity contribution in [2.45, 2.75) is 31.3 Å². The van der Waals surface area contributed by atoms with Crippen molar-refractivity contribution in [1.29, 1.82) is 5.26 Å². The number of halogens is 1. The maximum absolute atomic E-state index is 12.1. The summed E-state index contributed by atoms with van der Waals surface area (Å²) in [4.78, 5) is -0.177. The average molecular weight is 317 g/mol. The van der Waals surface area contributed by atoms with Gasteiger partial charge in [0.2, 0.25) is 10.0 Å². The molecule has 0 spiro atoms. The minimum Gasteiger partial charge on any atom is -0.392 e. The Morgan fingerprint density at radius 1 is 1.45 bits per heavy atom. The normalized spacial score (nSPS) is 13.2. The molecule has 0 saturated carbocycles. The Kier molecular flexibility index (Phi) is 5.96. The summed E-state index contributed by atoms with van der Waals surface area (Å²) in [6, 6.07) is 6.00. The summed E-state index contributed by atoms with van der Waals surface area (Å²) in [6.07, 6.45) is -0.280. The summed E-state index contributed by atoms with van der Waals surface area (Å²) in [6.45, 7) is 3.77. The van der Waals surface area contributed by atoms with Crippen LogP contribution in [0.25, 0.3) is 0 Å². The molecule has 0 heterocycles. The van der Waals surface area contributed by atoms with Gasteiger partial charge in [0.1, 0.15) is 11.0 Å². The first-order valence-corrected chi connectivity index (χ1v) is 8.00. The molecule has 0 fully saturated rings. The van der Waals surface area contributed by atoms with Crippen molar-refractivity contribution in [1.82, 2.24) is 4.72 Å². The van der Waals surface area contributed by atoms with Crippen LogP contribution in [-0.4, -0.2) is 26.2 Å². The highest BCUT2D eigenvalue weighted by atomic mass is 35.5. The number of sulfonamides is 1. The third-order valence-corrected chi connectivity index (χ3v) is 4.41. The van der Waals surface area contributed by atoms with Crippen LogP contribution in [0.4, 0.5) is 0 Å². The largest absolute Gasteiger partial charge is 0.392 e. The summed E-state index contributed by atoms with van der Waals surface area (Å²) >= 11 is 5.80. The van der Waals surface area contributed by atoms with Gasteiger partial charge in [-0.25, -0.2) is 13.1 Å². The van der Waals surface area contributed by atoms with Crippen LogP contribution in [0.5, 0.6) is 0 Å². The molecule has 0 bridgehead atoms. The summed E-state index contributed by atoms with van der Waals surface area (Å²) in [5.41, 5.74) is -0.0972. The van der Waals surface area contributed by atoms with Crippen molar-refractivity contribution in [3.05, 3.63) is 28.8 Å². The number of nitrogens with zero attached hydrogens (tertiary/aromatic N) is 1. The molecule has 20 heavy (non-hydrogen) atoms. The minimum absolute atomic E-state index is 0.0816. The summed E-state index contributed by atoms with van der Waals surface area (Å²) in [5, 5.41) is 18.8. The lowest BCUT2D eigenvalue weighted by Crippen LogP contribution is -2.33. The molecule has 5 nitrogen and oxygen atoms in total. The molecule has 0 amide bonds. The van der Waals surface area contributed by atoms with Crippen molar-refractivity contribution in [2.75, 3.05) is 6.54 Å². The lowest BCUT2D eigenvalue weighted by Gasteiger charge is -2.14. The van der Waals surface area contributed by atoms with Crippen molar-refractivity contribution >= 4 is 21.6 Å². The molecule has 1 atom stereocenters. The predicted molar refractivity (Wildman–Crippen MR) is 76.8 cm³/mol. The van der Waals surface area contributed by atoms with Crippen molar-refractivity contribution in [2.24, 2.45) is 5.92 Å². The van der Waals surface area contributed by atoms with E-state index < -0.39 is 16.1 Å². The van der Waals surface area contributed by atoms with Crippen LogP contribution in [0.1, 0.15) is 25.8 Å². The molecule has 0 saturated heterocycles. The number of aliphatic hydroxyl groups is 1. The van der Waals surface area contributed by atoms with Gasteiger partial charge >= 0.3 is 0 Å². The fraction of sp³-hybridized carbons (Fsp3) is 0.462. The van der Waals surface area contributed by atoms with E-state index in [0.717, 1.165) is 0 Å². The first-order chi connectivity index (χ1) is 9.27. The third kappa shape index (κ3) is 4.46. The van der Waals surface area contributed by atoms with Crippen molar-refractivity contribution < 1.29 is 13.5 Å². The molecule has 0 aliphatic rings. The molecule has 0 aromatic heterocycles.